The molecule has 2 aromatic heterocycles. The number of aryl methyl sites for hydroxylation is 2. The summed E-state index contributed by atoms with van der Waals surface area (Å²) in [6, 6.07) is 10.5. The maximum Gasteiger partial charge on any atom is 0.270 e. The molecule has 0 saturated carbocycles. The van der Waals surface area contributed by atoms with Crippen LogP contribution in [0.15, 0.2) is 35.7 Å². The summed E-state index contributed by atoms with van der Waals surface area (Å²) in [6.07, 6.45) is 1.75. The number of anilines is 1. The lowest BCUT2D eigenvalue weighted by molar-refractivity contribution is -0.137. The molecule has 2 amide bonds. The van der Waals surface area contributed by atoms with Crippen molar-refractivity contribution in [1.82, 2.24) is 14.4 Å². The molecule has 34 heavy (non-hydrogen) atoms. The van der Waals surface area contributed by atoms with Gasteiger partial charge >= 0.3 is 0 Å². The van der Waals surface area contributed by atoms with E-state index in [4.69, 9.17) is 0 Å². The topological polar surface area (TPSA) is 48.8 Å². The zero-order chi connectivity index (χ0) is 23.8. The third kappa shape index (κ3) is 4.11. The van der Waals surface area contributed by atoms with Crippen LogP contribution < -0.4 is 4.90 Å². The zero-order valence-electron chi connectivity index (χ0n) is 20.4. The van der Waals surface area contributed by atoms with Gasteiger partial charge in [-0.15, -0.1) is 11.3 Å². The Morgan fingerprint density at radius 3 is 2.59 bits per heavy atom. The fourth-order valence-electron chi connectivity index (χ4n) is 5.52. The van der Waals surface area contributed by atoms with E-state index in [1.807, 2.05) is 15.9 Å². The lowest BCUT2D eigenvalue weighted by Crippen LogP contribution is -2.53. The second kappa shape index (κ2) is 9.45. The number of piperidine rings is 1. The van der Waals surface area contributed by atoms with Crippen LogP contribution in [0.4, 0.5) is 5.69 Å². The van der Waals surface area contributed by atoms with Crippen molar-refractivity contribution in [3.05, 3.63) is 52.5 Å². The molecule has 7 heteroatoms. The SMILES string of the molecule is CCn1c(C(=O)N2CCC[C@@H](C(=O)N3CCN(c4cccc(C)c4C)CC3)C2)cc2sccc21. The average Bonchev–Trinajstić information content (AvgIpc) is 3.46. The van der Waals surface area contributed by atoms with E-state index in [2.05, 4.69) is 59.9 Å². The van der Waals surface area contributed by atoms with Crippen LogP contribution in [0.1, 0.15) is 41.4 Å². The predicted octanol–water partition coefficient (Wildman–Crippen LogP) is 4.54. The van der Waals surface area contributed by atoms with E-state index in [-0.39, 0.29) is 17.7 Å². The number of carbonyl (C=O) groups is 2. The standard InChI is InChI=1S/C27H34N4O2S/c1-4-31-23-10-16-34-25(23)17-24(31)27(33)30-11-6-8-21(18-30)26(32)29-14-12-28(13-15-29)22-9-5-7-19(2)20(22)3/h5,7,9-10,16-17,21H,4,6,8,11-15,18H2,1-3H3/t21-/m1/s1. The Kier molecular flexibility index (Phi) is 6.38. The van der Waals surface area contributed by atoms with E-state index >= 15 is 0 Å². The van der Waals surface area contributed by atoms with Crippen molar-refractivity contribution in [1.29, 1.82) is 0 Å². The first-order valence-corrected chi connectivity index (χ1v) is 13.3. The number of carbonyl (C=O) groups excluding carboxylic acids is 2. The van der Waals surface area contributed by atoms with Crippen LogP contribution in [0.2, 0.25) is 0 Å². The van der Waals surface area contributed by atoms with E-state index in [1.165, 1.54) is 16.8 Å². The van der Waals surface area contributed by atoms with Crippen LogP contribution in [0, 0.1) is 19.8 Å². The fraction of sp³-hybridized carbons (Fsp3) is 0.481. The number of fused-ring (bicyclic) bond motifs is 1. The second-order valence-electron chi connectivity index (χ2n) is 9.57. The molecule has 1 aromatic carbocycles. The van der Waals surface area contributed by atoms with Gasteiger partial charge in [-0.1, -0.05) is 12.1 Å². The van der Waals surface area contributed by atoms with Crippen molar-refractivity contribution < 1.29 is 9.59 Å². The van der Waals surface area contributed by atoms with E-state index in [9.17, 15) is 9.59 Å². The number of nitrogens with zero attached hydrogens (tertiary/aromatic N) is 4. The van der Waals surface area contributed by atoms with Crippen molar-refractivity contribution in [3.63, 3.8) is 0 Å². The van der Waals surface area contributed by atoms with Crippen molar-refractivity contribution in [3.8, 4) is 0 Å². The predicted molar refractivity (Wildman–Crippen MR) is 139 cm³/mol. The maximum atomic E-state index is 13.4. The molecule has 1 atom stereocenters. The molecule has 0 aliphatic carbocycles. The second-order valence-corrected chi connectivity index (χ2v) is 10.5. The summed E-state index contributed by atoms with van der Waals surface area (Å²) in [6.45, 7) is 11.6. The maximum absolute atomic E-state index is 13.4. The molecule has 0 spiro atoms. The highest BCUT2D eigenvalue weighted by atomic mass is 32.1. The van der Waals surface area contributed by atoms with Crippen LogP contribution >= 0.6 is 11.3 Å². The molecular weight excluding hydrogens is 444 g/mol. The van der Waals surface area contributed by atoms with E-state index in [0.29, 0.717) is 6.54 Å². The number of thiophene rings is 1. The number of amides is 2. The minimum atomic E-state index is -0.101. The van der Waals surface area contributed by atoms with Gasteiger partial charge in [0.25, 0.3) is 5.91 Å². The third-order valence-electron chi connectivity index (χ3n) is 7.62. The Hall–Kier alpha value is -2.80. The van der Waals surface area contributed by atoms with Crippen LogP contribution in [0.3, 0.4) is 0 Å². The molecule has 6 nitrogen and oxygen atoms in total. The van der Waals surface area contributed by atoms with E-state index < -0.39 is 0 Å². The molecule has 2 fully saturated rings. The zero-order valence-corrected chi connectivity index (χ0v) is 21.2. The number of aromatic nitrogens is 1. The number of hydrogen-bond donors (Lipinski definition) is 0. The van der Waals surface area contributed by atoms with Crippen LogP contribution in [0.5, 0.6) is 0 Å². The molecule has 4 heterocycles. The van der Waals surface area contributed by atoms with Gasteiger partial charge in [-0.25, -0.2) is 0 Å². The van der Waals surface area contributed by atoms with Crippen LogP contribution in [-0.4, -0.2) is 65.4 Å². The lowest BCUT2D eigenvalue weighted by atomic mass is 9.95. The Morgan fingerprint density at radius 2 is 1.82 bits per heavy atom. The van der Waals surface area contributed by atoms with E-state index in [0.717, 1.165) is 68.0 Å². The first kappa shape index (κ1) is 23.0. The summed E-state index contributed by atoms with van der Waals surface area (Å²) in [5, 5.41) is 2.07. The summed E-state index contributed by atoms with van der Waals surface area (Å²) in [4.78, 5) is 33.2. The highest BCUT2D eigenvalue weighted by Crippen LogP contribution is 2.29. The molecule has 180 valence electrons. The largest absolute Gasteiger partial charge is 0.368 e. The number of piperazine rings is 1. The van der Waals surface area contributed by atoms with Gasteiger partial charge in [0, 0.05) is 51.5 Å². The normalized spacial score (nSPS) is 19.1. The first-order chi connectivity index (χ1) is 16.5. The Morgan fingerprint density at radius 1 is 1.03 bits per heavy atom. The van der Waals surface area contributed by atoms with Crippen molar-refractivity contribution in [2.75, 3.05) is 44.2 Å². The van der Waals surface area contributed by atoms with Gasteiger partial charge in [0.05, 0.1) is 16.1 Å². The molecular formula is C27H34N4O2S. The number of benzene rings is 1. The smallest absolute Gasteiger partial charge is 0.270 e. The first-order valence-electron chi connectivity index (χ1n) is 12.4. The highest BCUT2D eigenvalue weighted by molar-refractivity contribution is 7.17. The fourth-order valence-corrected chi connectivity index (χ4v) is 6.35. The minimum absolute atomic E-state index is 0.0579. The molecule has 5 rings (SSSR count). The number of rotatable bonds is 4. The molecule has 0 radical (unpaired) electrons. The van der Waals surface area contributed by atoms with Crippen LogP contribution in [0.25, 0.3) is 10.2 Å². The Balaban J connectivity index is 1.23. The molecule has 0 N–H and O–H groups in total. The third-order valence-corrected chi connectivity index (χ3v) is 8.48. The van der Waals surface area contributed by atoms with Crippen molar-refractivity contribution in [2.45, 2.75) is 40.2 Å². The highest BCUT2D eigenvalue weighted by Gasteiger charge is 2.34. The Labute approximate surface area is 205 Å². The van der Waals surface area contributed by atoms with Gasteiger partial charge in [0.2, 0.25) is 5.91 Å². The molecule has 0 bridgehead atoms. The summed E-state index contributed by atoms with van der Waals surface area (Å²) in [5.41, 5.74) is 5.78. The summed E-state index contributed by atoms with van der Waals surface area (Å²) < 4.78 is 3.25. The quantitative estimate of drug-likeness (QED) is 0.553. The summed E-state index contributed by atoms with van der Waals surface area (Å²) in [5.74, 6) is 0.170. The molecule has 2 saturated heterocycles. The molecule has 2 aliphatic rings. The van der Waals surface area contributed by atoms with Gasteiger partial charge in [-0.3, -0.25) is 9.59 Å². The summed E-state index contributed by atoms with van der Waals surface area (Å²) >= 11 is 1.67. The van der Waals surface area contributed by atoms with Crippen molar-refractivity contribution >= 4 is 39.1 Å². The molecule has 0 unspecified atom stereocenters. The van der Waals surface area contributed by atoms with Gasteiger partial charge in [-0.2, -0.15) is 0 Å². The van der Waals surface area contributed by atoms with Gasteiger partial charge in [0.15, 0.2) is 0 Å². The minimum Gasteiger partial charge on any atom is -0.368 e. The van der Waals surface area contributed by atoms with Gasteiger partial charge < -0.3 is 19.3 Å². The van der Waals surface area contributed by atoms with Gasteiger partial charge in [-0.05, 0) is 68.3 Å². The number of hydrogen-bond acceptors (Lipinski definition) is 4. The van der Waals surface area contributed by atoms with Crippen molar-refractivity contribution in [2.24, 2.45) is 5.92 Å². The summed E-state index contributed by atoms with van der Waals surface area (Å²) in [7, 11) is 0. The molecule has 2 aliphatic heterocycles. The number of likely N-dealkylation sites (tertiary alicyclic amines) is 1. The molecule has 3 aromatic rings. The monoisotopic (exact) mass is 478 g/mol. The average molecular weight is 479 g/mol. The Bertz CT molecular complexity index is 1200. The van der Waals surface area contributed by atoms with Gasteiger partial charge in [0.1, 0.15) is 5.69 Å². The van der Waals surface area contributed by atoms with Crippen LogP contribution in [-0.2, 0) is 11.3 Å². The van der Waals surface area contributed by atoms with E-state index in [1.54, 1.807) is 11.3 Å². The lowest BCUT2D eigenvalue weighted by Gasteiger charge is -2.40.